The largest absolute Gasteiger partial charge is 0.466 e. The molecule has 0 spiro atoms. The van der Waals surface area contributed by atoms with E-state index in [9.17, 15) is 19.8 Å². The van der Waals surface area contributed by atoms with E-state index in [0.717, 1.165) is 57.8 Å². The van der Waals surface area contributed by atoms with Gasteiger partial charge in [0.05, 0.1) is 25.4 Å². The number of carbonyl (C=O) groups excluding carboxylic acids is 2. The monoisotopic (exact) mass is 956 g/mol. The molecule has 1 amide bonds. The van der Waals surface area contributed by atoms with Crippen molar-refractivity contribution in [2.24, 2.45) is 0 Å². The first-order chi connectivity index (χ1) is 33.5. The van der Waals surface area contributed by atoms with Crippen LogP contribution in [0.1, 0.15) is 322 Å². The van der Waals surface area contributed by atoms with E-state index in [2.05, 4.69) is 55.6 Å². The zero-order valence-corrected chi connectivity index (χ0v) is 45.6. The lowest BCUT2D eigenvalue weighted by Gasteiger charge is -2.22. The lowest BCUT2D eigenvalue weighted by molar-refractivity contribution is -0.143. The van der Waals surface area contributed by atoms with Crippen molar-refractivity contribution in [3.05, 3.63) is 36.5 Å². The maximum atomic E-state index is 12.5. The number of allylic oxidation sites excluding steroid dienone is 6. The van der Waals surface area contributed by atoms with Crippen LogP contribution >= 0.6 is 0 Å². The van der Waals surface area contributed by atoms with Gasteiger partial charge in [-0.25, -0.2) is 0 Å². The van der Waals surface area contributed by atoms with Crippen molar-refractivity contribution < 1.29 is 24.5 Å². The SMILES string of the molecule is CCC/C=C\C/C=C\CCCCCCCC(=O)OCCCCCCCCCC/C=C\CCCCCCCCCC(=O)NC(CO)C(O)CCCCCCCCCCCCCCCCCCCCC. The normalized spacial score (nSPS) is 12.8. The summed E-state index contributed by atoms with van der Waals surface area (Å²) in [5.74, 6) is -0.0541. The molecule has 0 fully saturated rings. The van der Waals surface area contributed by atoms with Crippen molar-refractivity contribution >= 4 is 11.9 Å². The second-order valence-corrected chi connectivity index (χ2v) is 20.7. The fourth-order valence-corrected chi connectivity index (χ4v) is 9.26. The number of ether oxygens (including phenoxy) is 1. The number of aliphatic hydroxyl groups excluding tert-OH is 2. The first kappa shape index (κ1) is 66.1. The van der Waals surface area contributed by atoms with Crippen LogP contribution in [0.4, 0.5) is 0 Å². The number of unbranched alkanes of at least 4 members (excludes halogenated alkanes) is 39. The molecular formula is C62H117NO5. The van der Waals surface area contributed by atoms with Crippen molar-refractivity contribution in [3.63, 3.8) is 0 Å². The number of amides is 1. The maximum Gasteiger partial charge on any atom is 0.305 e. The Bertz CT molecular complexity index is 1100. The standard InChI is InChI=1S/C62H117NO5/c1-3-5-7-9-11-13-15-17-18-19-21-24-27-31-34-38-42-46-50-54-60(65)59(58-64)63-61(66)55-51-47-43-39-35-32-28-25-22-20-23-26-29-33-37-41-45-49-53-57-68-62(67)56-52-48-44-40-36-30-16-14-12-10-8-6-4-2/h8,10,14,16,20,22,59-60,64-65H,3-7,9,11-13,15,17-19,21,23-58H2,1-2H3,(H,63,66)/b10-8-,16-14-,22-20-. The third kappa shape index (κ3) is 53.4. The van der Waals surface area contributed by atoms with Crippen molar-refractivity contribution in [2.45, 2.75) is 334 Å². The van der Waals surface area contributed by atoms with Crippen LogP contribution in [0.2, 0.25) is 0 Å². The molecule has 6 heteroatoms. The summed E-state index contributed by atoms with van der Waals surface area (Å²) in [4.78, 5) is 24.5. The number of esters is 1. The van der Waals surface area contributed by atoms with Gasteiger partial charge in [-0.15, -0.1) is 0 Å². The summed E-state index contributed by atoms with van der Waals surface area (Å²) in [5, 5.41) is 23.3. The van der Waals surface area contributed by atoms with Crippen LogP contribution in [0, 0.1) is 0 Å². The Hall–Kier alpha value is -1.92. The summed E-state index contributed by atoms with van der Waals surface area (Å²) in [5.41, 5.74) is 0. The molecule has 0 aromatic heterocycles. The van der Waals surface area contributed by atoms with E-state index in [-0.39, 0.29) is 18.5 Å². The van der Waals surface area contributed by atoms with Crippen molar-refractivity contribution in [3.8, 4) is 0 Å². The highest BCUT2D eigenvalue weighted by Crippen LogP contribution is 2.17. The third-order valence-electron chi connectivity index (χ3n) is 13.9. The summed E-state index contributed by atoms with van der Waals surface area (Å²) >= 11 is 0. The lowest BCUT2D eigenvalue weighted by atomic mass is 10.0. The molecule has 0 aliphatic rings. The van der Waals surface area contributed by atoms with E-state index in [0.29, 0.717) is 25.9 Å². The average molecular weight is 957 g/mol. The minimum atomic E-state index is -0.672. The third-order valence-corrected chi connectivity index (χ3v) is 13.9. The van der Waals surface area contributed by atoms with E-state index >= 15 is 0 Å². The van der Waals surface area contributed by atoms with E-state index in [1.54, 1.807) is 0 Å². The van der Waals surface area contributed by atoms with Crippen LogP contribution in [0.3, 0.4) is 0 Å². The van der Waals surface area contributed by atoms with Gasteiger partial charge in [0.15, 0.2) is 0 Å². The van der Waals surface area contributed by atoms with Gasteiger partial charge in [-0.3, -0.25) is 9.59 Å². The Morgan fingerprint density at radius 3 is 1.19 bits per heavy atom. The number of aliphatic hydroxyl groups is 2. The second-order valence-electron chi connectivity index (χ2n) is 20.7. The molecule has 0 aliphatic heterocycles. The number of carbonyl (C=O) groups is 2. The van der Waals surface area contributed by atoms with Gasteiger partial charge in [-0.2, -0.15) is 0 Å². The maximum absolute atomic E-state index is 12.5. The Kier molecular flexibility index (Phi) is 56.0. The van der Waals surface area contributed by atoms with Crippen molar-refractivity contribution in [1.29, 1.82) is 0 Å². The molecule has 3 N–H and O–H groups in total. The number of rotatable bonds is 56. The highest BCUT2D eigenvalue weighted by atomic mass is 16.5. The fraction of sp³-hybridized carbons (Fsp3) is 0.871. The van der Waals surface area contributed by atoms with Gasteiger partial charge in [0.1, 0.15) is 0 Å². The molecule has 68 heavy (non-hydrogen) atoms. The Morgan fingerprint density at radius 2 is 0.765 bits per heavy atom. The summed E-state index contributed by atoms with van der Waals surface area (Å²) in [6.45, 7) is 4.88. The molecule has 2 atom stereocenters. The first-order valence-corrected chi connectivity index (χ1v) is 30.2. The predicted octanol–water partition coefficient (Wildman–Crippen LogP) is 18.8. The zero-order chi connectivity index (χ0) is 49.3. The molecule has 2 unspecified atom stereocenters. The predicted molar refractivity (Wildman–Crippen MR) is 296 cm³/mol. The van der Waals surface area contributed by atoms with E-state index < -0.39 is 12.1 Å². The van der Waals surface area contributed by atoms with Gasteiger partial charge >= 0.3 is 5.97 Å². The van der Waals surface area contributed by atoms with Gasteiger partial charge in [0.2, 0.25) is 5.91 Å². The summed E-state index contributed by atoms with van der Waals surface area (Å²) in [7, 11) is 0. The fourth-order valence-electron chi connectivity index (χ4n) is 9.26. The minimum absolute atomic E-state index is 0.0113. The van der Waals surface area contributed by atoms with E-state index in [1.165, 1.54) is 231 Å². The number of hydrogen-bond acceptors (Lipinski definition) is 5. The highest BCUT2D eigenvalue weighted by Gasteiger charge is 2.20. The Morgan fingerprint density at radius 1 is 0.412 bits per heavy atom. The quantitative estimate of drug-likeness (QED) is 0.0321. The van der Waals surface area contributed by atoms with Gasteiger partial charge in [-0.05, 0) is 77.0 Å². The zero-order valence-electron chi connectivity index (χ0n) is 45.6. The summed E-state index contributed by atoms with van der Waals surface area (Å²) < 4.78 is 5.46. The average Bonchev–Trinajstić information content (AvgIpc) is 3.34. The molecule has 0 heterocycles. The molecule has 0 aromatic carbocycles. The smallest absolute Gasteiger partial charge is 0.305 e. The Balaban J connectivity index is 3.45. The van der Waals surface area contributed by atoms with Crippen LogP contribution in [-0.2, 0) is 14.3 Å². The van der Waals surface area contributed by atoms with Crippen LogP contribution < -0.4 is 5.32 Å². The van der Waals surface area contributed by atoms with Gasteiger partial charge in [0.25, 0.3) is 0 Å². The molecule has 0 radical (unpaired) electrons. The lowest BCUT2D eigenvalue weighted by Crippen LogP contribution is -2.45. The molecule has 6 nitrogen and oxygen atoms in total. The molecule has 0 aromatic rings. The van der Waals surface area contributed by atoms with E-state index in [1.807, 2.05) is 0 Å². The molecule has 0 aliphatic carbocycles. The van der Waals surface area contributed by atoms with Gasteiger partial charge in [0, 0.05) is 12.8 Å². The van der Waals surface area contributed by atoms with Gasteiger partial charge in [-0.1, -0.05) is 269 Å². The summed E-state index contributed by atoms with van der Waals surface area (Å²) in [6, 6.07) is -0.550. The van der Waals surface area contributed by atoms with Crippen molar-refractivity contribution in [1.82, 2.24) is 5.32 Å². The molecule has 0 rings (SSSR count). The topological polar surface area (TPSA) is 95.9 Å². The minimum Gasteiger partial charge on any atom is -0.466 e. The van der Waals surface area contributed by atoms with Crippen LogP contribution in [0.25, 0.3) is 0 Å². The van der Waals surface area contributed by atoms with E-state index in [4.69, 9.17) is 4.74 Å². The van der Waals surface area contributed by atoms with Crippen LogP contribution in [-0.4, -0.2) is 47.4 Å². The van der Waals surface area contributed by atoms with Gasteiger partial charge < -0.3 is 20.3 Å². The molecular weight excluding hydrogens is 839 g/mol. The molecule has 0 bridgehead atoms. The molecule has 0 saturated heterocycles. The first-order valence-electron chi connectivity index (χ1n) is 30.2. The Labute approximate surface area is 424 Å². The highest BCUT2D eigenvalue weighted by molar-refractivity contribution is 5.76. The molecule has 400 valence electrons. The van der Waals surface area contributed by atoms with Crippen molar-refractivity contribution in [2.75, 3.05) is 13.2 Å². The second kappa shape index (κ2) is 57.7. The molecule has 0 saturated carbocycles. The number of nitrogens with one attached hydrogen (secondary N) is 1. The number of hydrogen-bond donors (Lipinski definition) is 3. The van der Waals surface area contributed by atoms with Crippen LogP contribution in [0.15, 0.2) is 36.5 Å². The summed E-state index contributed by atoms with van der Waals surface area (Å²) in [6.07, 6.45) is 71.4. The van der Waals surface area contributed by atoms with Crippen LogP contribution in [0.5, 0.6) is 0 Å².